The minimum absolute atomic E-state index is 0.280. The van der Waals surface area contributed by atoms with Crippen molar-refractivity contribution in [2.45, 2.75) is 40.2 Å². The maximum absolute atomic E-state index is 6.12. The molecule has 1 unspecified atom stereocenters. The van der Waals surface area contributed by atoms with Crippen LogP contribution in [-0.2, 0) is 6.42 Å². The first-order chi connectivity index (χ1) is 7.90. The van der Waals surface area contributed by atoms with Crippen LogP contribution in [0.1, 0.15) is 44.9 Å². The zero-order valence-corrected chi connectivity index (χ0v) is 11.9. The average molecular weight is 252 g/mol. The van der Waals surface area contributed by atoms with Gasteiger partial charge in [-0.15, -0.1) is 0 Å². The summed E-state index contributed by atoms with van der Waals surface area (Å²) in [7, 11) is 0. The molecule has 1 aromatic rings. The lowest BCUT2D eigenvalue weighted by atomic mass is 9.85. The molecule has 0 spiro atoms. The number of fused-ring (bicyclic) bond motifs is 1. The molecular formula is C15H22ClN. The monoisotopic (exact) mass is 251 g/mol. The van der Waals surface area contributed by atoms with Crippen molar-refractivity contribution in [2.75, 3.05) is 6.54 Å². The van der Waals surface area contributed by atoms with Gasteiger partial charge in [0.05, 0.1) is 0 Å². The molecule has 0 aliphatic heterocycles. The summed E-state index contributed by atoms with van der Waals surface area (Å²) in [6.45, 7) is 10.2. The zero-order chi connectivity index (χ0) is 12.6. The van der Waals surface area contributed by atoms with Crippen LogP contribution in [0.3, 0.4) is 0 Å². The first-order valence-corrected chi connectivity index (χ1v) is 6.79. The van der Waals surface area contributed by atoms with Gasteiger partial charge in [0.15, 0.2) is 0 Å². The Morgan fingerprint density at radius 1 is 1.41 bits per heavy atom. The predicted octanol–water partition coefficient (Wildman–Crippen LogP) is 4.21. The molecule has 2 heteroatoms. The van der Waals surface area contributed by atoms with E-state index in [9.17, 15) is 0 Å². The highest BCUT2D eigenvalue weighted by atomic mass is 35.5. The smallest absolute Gasteiger partial charge is 0.0409 e. The van der Waals surface area contributed by atoms with E-state index in [0.717, 1.165) is 18.0 Å². The second kappa shape index (κ2) is 4.62. The molecule has 0 aromatic heterocycles. The minimum Gasteiger partial charge on any atom is -0.309 e. The molecule has 0 saturated heterocycles. The van der Waals surface area contributed by atoms with E-state index >= 15 is 0 Å². The van der Waals surface area contributed by atoms with E-state index in [1.54, 1.807) is 0 Å². The third-order valence-electron chi connectivity index (χ3n) is 3.58. The normalized spacial score (nSPS) is 21.9. The third-order valence-corrected chi connectivity index (χ3v) is 3.81. The second-order valence-electron chi connectivity index (χ2n) is 6.24. The largest absolute Gasteiger partial charge is 0.309 e. The van der Waals surface area contributed by atoms with Crippen LogP contribution in [0.5, 0.6) is 0 Å². The third kappa shape index (κ3) is 2.66. The Kier molecular flexibility index (Phi) is 3.51. The molecule has 0 saturated carbocycles. The van der Waals surface area contributed by atoms with Gasteiger partial charge >= 0.3 is 0 Å². The summed E-state index contributed by atoms with van der Waals surface area (Å²) in [5.41, 5.74) is 3.12. The van der Waals surface area contributed by atoms with Crippen molar-refractivity contribution in [3.05, 3.63) is 34.3 Å². The Balaban J connectivity index is 2.27. The van der Waals surface area contributed by atoms with E-state index in [2.05, 4.69) is 45.1 Å². The number of rotatable bonds is 3. The summed E-state index contributed by atoms with van der Waals surface area (Å²) < 4.78 is 0. The van der Waals surface area contributed by atoms with Crippen LogP contribution in [0.25, 0.3) is 0 Å². The van der Waals surface area contributed by atoms with Crippen molar-refractivity contribution in [1.82, 2.24) is 5.32 Å². The predicted molar refractivity (Wildman–Crippen MR) is 74.5 cm³/mol. The molecule has 0 fully saturated rings. The molecule has 1 aliphatic rings. The second-order valence-corrected chi connectivity index (χ2v) is 6.68. The maximum atomic E-state index is 6.12. The summed E-state index contributed by atoms with van der Waals surface area (Å²) in [6, 6.07) is 6.74. The van der Waals surface area contributed by atoms with Crippen molar-refractivity contribution in [1.29, 1.82) is 0 Å². The highest BCUT2D eigenvalue weighted by molar-refractivity contribution is 6.30. The highest BCUT2D eigenvalue weighted by Gasteiger charge is 2.38. The van der Waals surface area contributed by atoms with E-state index in [-0.39, 0.29) is 5.41 Å². The lowest BCUT2D eigenvalue weighted by Gasteiger charge is -2.29. The standard InChI is InChI=1S/C15H22ClN/c1-10(2)9-17-14-13-7-12(16)6-5-11(13)8-15(14,3)4/h5-7,10,14,17H,8-9H2,1-4H3. The molecule has 17 heavy (non-hydrogen) atoms. The van der Waals surface area contributed by atoms with Gasteiger partial charge in [-0.3, -0.25) is 0 Å². The molecular weight excluding hydrogens is 230 g/mol. The first kappa shape index (κ1) is 12.9. The van der Waals surface area contributed by atoms with Crippen LogP contribution >= 0.6 is 11.6 Å². The van der Waals surface area contributed by atoms with Gasteiger partial charge in [-0.2, -0.15) is 0 Å². The van der Waals surface area contributed by atoms with Gasteiger partial charge in [-0.05, 0) is 47.6 Å². The van der Waals surface area contributed by atoms with E-state index in [0.29, 0.717) is 12.0 Å². The van der Waals surface area contributed by atoms with Gasteiger partial charge in [0, 0.05) is 11.1 Å². The quantitative estimate of drug-likeness (QED) is 0.849. The molecule has 1 aromatic carbocycles. The molecule has 0 radical (unpaired) electrons. The Labute approximate surface area is 110 Å². The summed E-state index contributed by atoms with van der Waals surface area (Å²) in [5.74, 6) is 0.675. The molecule has 2 rings (SSSR count). The number of hydrogen-bond acceptors (Lipinski definition) is 1. The molecule has 0 heterocycles. The van der Waals surface area contributed by atoms with Gasteiger partial charge in [0.25, 0.3) is 0 Å². The van der Waals surface area contributed by atoms with E-state index in [1.165, 1.54) is 11.1 Å². The van der Waals surface area contributed by atoms with Gasteiger partial charge in [-0.25, -0.2) is 0 Å². The van der Waals surface area contributed by atoms with Crippen molar-refractivity contribution < 1.29 is 0 Å². The van der Waals surface area contributed by atoms with Crippen LogP contribution in [0.2, 0.25) is 5.02 Å². The number of hydrogen-bond donors (Lipinski definition) is 1. The molecule has 1 N–H and O–H groups in total. The van der Waals surface area contributed by atoms with Crippen LogP contribution in [0.15, 0.2) is 18.2 Å². The van der Waals surface area contributed by atoms with Gasteiger partial charge in [-0.1, -0.05) is 45.4 Å². The van der Waals surface area contributed by atoms with Crippen LogP contribution in [-0.4, -0.2) is 6.54 Å². The van der Waals surface area contributed by atoms with E-state index < -0.39 is 0 Å². The fraction of sp³-hybridized carbons (Fsp3) is 0.600. The fourth-order valence-electron chi connectivity index (χ4n) is 2.75. The van der Waals surface area contributed by atoms with E-state index in [1.807, 2.05) is 6.07 Å². The molecule has 0 bridgehead atoms. The van der Waals surface area contributed by atoms with Gasteiger partial charge in [0.2, 0.25) is 0 Å². The highest BCUT2D eigenvalue weighted by Crippen LogP contribution is 2.45. The van der Waals surface area contributed by atoms with Crippen molar-refractivity contribution in [2.24, 2.45) is 11.3 Å². The topological polar surface area (TPSA) is 12.0 Å². The van der Waals surface area contributed by atoms with Gasteiger partial charge in [0.1, 0.15) is 0 Å². The van der Waals surface area contributed by atoms with Crippen molar-refractivity contribution in [3.63, 3.8) is 0 Å². The molecule has 1 atom stereocenters. The Hall–Kier alpha value is -0.530. The summed E-state index contributed by atoms with van der Waals surface area (Å²) in [4.78, 5) is 0. The molecule has 94 valence electrons. The number of halogens is 1. The van der Waals surface area contributed by atoms with Crippen LogP contribution < -0.4 is 5.32 Å². The van der Waals surface area contributed by atoms with Crippen LogP contribution in [0, 0.1) is 11.3 Å². The zero-order valence-electron chi connectivity index (χ0n) is 11.2. The van der Waals surface area contributed by atoms with Crippen molar-refractivity contribution >= 4 is 11.6 Å². The number of benzene rings is 1. The molecule has 1 nitrogen and oxygen atoms in total. The van der Waals surface area contributed by atoms with E-state index in [4.69, 9.17) is 11.6 Å². The Morgan fingerprint density at radius 2 is 2.12 bits per heavy atom. The van der Waals surface area contributed by atoms with Crippen molar-refractivity contribution in [3.8, 4) is 0 Å². The average Bonchev–Trinajstić information content (AvgIpc) is 2.45. The maximum Gasteiger partial charge on any atom is 0.0409 e. The Morgan fingerprint density at radius 3 is 2.76 bits per heavy atom. The SMILES string of the molecule is CC(C)CNC1c2cc(Cl)ccc2CC1(C)C. The lowest BCUT2D eigenvalue weighted by Crippen LogP contribution is -2.33. The summed E-state index contributed by atoms with van der Waals surface area (Å²) in [5, 5.41) is 4.54. The van der Waals surface area contributed by atoms with Gasteiger partial charge < -0.3 is 5.32 Å². The summed E-state index contributed by atoms with van der Waals surface area (Å²) in [6.07, 6.45) is 1.13. The first-order valence-electron chi connectivity index (χ1n) is 6.42. The summed E-state index contributed by atoms with van der Waals surface area (Å²) >= 11 is 6.12. The minimum atomic E-state index is 0.280. The molecule has 0 amide bonds. The molecule has 1 aliphatic carbocycles. The number of nitrogens with one attached hydrogen (secondary N) is 1. The van der Waals surface area contributed by atoms with Crippen LogP contribution in [0.4, 0.5) is 0 Å². The lowest BCUT2D eigenvalue weighted by molar-refractivity contribution is 0.262. The Bertz CT molecular complexity index is 409. The fourth-order valence-corrected chi connectivity index (χ4v) is 2.93.